The van der Waals surface area contributed by atoms with Gasteiger partial charge in [-0.2, -0.15) is 18.3 Å². The van der Waals surface area contributed by atoms with Gasteiger partial charge >= 0.3 is 6.18 Å². The third-order valence-electron chi connectivity index (χ3n) is 2.16. The molecule has 2 heterocycles. The van der Waals surface area contributed by atoms with Gasteiger partial charge in [-0.15, -0.1) is 0 Å². The molecular weight excluding hydrogens is 219 g/mol. The first kappa shape index (κ1) is 10.7. The largest absolute Gasteiger partial charge is 0.433 e. The summed E-state index contributed by atoms with van der Waals surface area (Å²) in [7, 11) is 0. The average molecular weight is 227 g/mol. The van der Waals surface area contributed by atoms with E-state index in [9.17, 15) is 13.2 Å². The summed E-state index contributed by atoms with van der Waals surface area (Å²) in [6, 6.07) is 2.31. The van der Waals surface area contributed by atoms with Crippen LogP contribution in [-0.4, -0.2) is 15.2 Å². The molecule has 2 aromatic heterocycles. The predicted octanol–water partition coefficient (Wildman–Crippen LogP) is 2.80. The minimum Gasteiger partial charge on any atom is -0.285 e. The number of hydrogen-bond donors (Lipinski definition) is 1. The summed E-state index contributed by atoms with van der Waals surface area (Å²) in [5.41, 5.74) is 1.14. The number of nitrogens with zero attached hydrogens (tertiary/aromatic N) is 2. The minimum absolute atomic E-state index is 0.562. The van der Waals surface area contributed by atoms with Crippen LogP contribution < -0.4 is 0 Å². The molecule has 84 valence electrons. The van der Waals surface area contributed by atoms with Crippen LogP contribution in [0, 0.1) is 6.92 Å². The molecule has 2 rings (SSSR count). The number of nitrogens with one attached hydrogen (secondary N) is 1. The third kappa shape index (κ3) is 1.91. The molecule has 0 unspecified atom stereocenters. The van der Waals surface area contributed by atoms with Gasteiger partial charge in [0.2, 0.25) is 0 Å². The number of rotatable bonds is 1. The number of pyridine rings is 1. The lowest BCUT2D eigenvalue weighted by Gasteiger charge is -2.05. The van der Waals surface area contributed by atoms with Gasteiger partial charge < -0.3 is 0 Å². The maximum Gasteiger partial charge on any atom is 0.433 e. The summed E-state index contributed by atoms with van der Waals surface area (Å²) in [5.74, 6) is 0. The third-order valence-corrected chi connectivity index (χ3v) is 2.16. The Bertz CT molecular complexity index is 485. The monoisotopic (exact) mass is 227 g/mol. The number of halogens is 3. The molecule has 0 aliphatic rings. The van der Waals surface area contributed by atoms with Crippen molar-refractivity contribution in [2.75, 3.05) is 0 Å². The Morgan fingerprint density at radius 3 is 2.44 bits per heavy atom. The summed E-state index contributed by atoms with van der Waals surface area (Å²) in [4.78, 5) is 3.37. The standard InChI is InChI=1S/C10H8F3N3/c1-6-4-15-16-9(6)7-2-3-8(14-5-7)10(11,12)13/h2-5H,1H3,(H,15,16). The molecule has 0 radical (unpaired) electrons. The number of alkyl halides is 3. The molecule has 6 heteroatoms. The second-order valence-electron chi connectivity index (χ2n) is 3.35. The molecular formula is C10H8F3N3. The van der Waals surface area contributed by atoms with Crippen molar-refractivity contribution in [2.24, 2.45) is 0 Å². The van der Waals surface area contributed by atoms with Gasteiger partial charge in [0.05, 0.1) is 5.69 Å². The highest BCUT2D eigenvalue weighted by Crippen LogP contribution is 2.28. The lowest BCUT2D eigenvalue weighted by molar-refractivity contribution is -0.141. The van der Waals surface area contributed by atoms with E-state index in [4.69, 9.17) is 0 Å². The highest BCUT2D eigenvalue weighted by Gasteiger charge is 2.32. The molecule has 0 saturated carbocycles. The van der Waals surface area contributed by atoms with Crippen LogP contribution in [0.15, 0.2) is 24.5 Å². The van der Waals surface area contributed by atoms with Crippen LogP contribution >= 0.6 is 0 Å². The van der Waals surface area contributed by atoms with Crippen LogP contribution in [0.3, 0.4) is 0 Å². The molecule has 0 amide bonds. The second kappa shape index (κ2) is 3.62. The van der Waals surface area contributed by atoms with Crippen LogP contribution in [-0.2, 0) is 6.18 Å². The topological polar surface area (TPSA) is 41.6 Å². The van der Waals surface area contributed by atoms with E-state index in [0.717, 1.165) is 11.6 Å². The van der Waals surface area contributed by atoms with Crippen molar-refractivity contribution < 1.29 is 13.2 Å². The fourth-order valence-corrected chi connectivity index (χ4v) is 1.34. The smallest absolute Gasteiger partial charge is 0.285 e. The first-order valence-electron chi connectivity index (χ1n) is 4.52. The molecule has 0 aliphatic heterocycles. The molecule has 0 fully saturated rings. The van der Waals surface area contributed by atoms with E-state index in [0.29, 0.717) is 11.3 Å². The summed E-state index contributed by atoms with van der Waals surface area (Å²) in [6.45, 7) is 1.82. The van der Waals surface area contributed by atoms with Crippen LogP contribution in [0.2, 0.25) is 0 Å². The van der Waals surface area contributed by atoms with Crippen LogP contribution in [0.5, 0.6) is 0 Å². The maximum absolute atomic E-state index is 12.3. The fraction of sp³-hybridized carbons (Fsp3) is 0.200. The quantitative estimate of drug-likeness (QED) is 0.813. The van der Waals surface area contributed by atoms with Crippen molar-refractivity contribution in [2.45, 2.75) is 13.1 Å². The highest BCUT2D eigenvalue weighted by atomic mass is 19.4. The second-order valence-corrected chi connectivity index (χ2v) is 3.35. The molecule has 3 nitrogen and oxygen atoms in total. The van der Waals surface area contributed by atoms with Gasteiger partial charge in [-0.05, 0) is 24.6 Å². The van der Waals surface area contributed by atoms with E-state index < -0.39 is 11.9 Å². The fourth-order valence-electron chi connectivity index (χ4n) is 1.34. The van der Waals surface area contributed by atoms with Gasteiger partial charge in [-0.25, -0.2) is 0 Å². The Balaban J connectivity index is 2.37. The van der Waals surface area contributed by atoms with Crippen molar-refractivity contribution >= 4 is 0 Å². The Morgan fingerprint density at radius 1 is 1.25 bits per heavy atom. The molecule has 2 aromatic rings. The molecule has 0 aromatic carbocycles. The van der Waals surface area contributed by atoms with E-state index in [1.165, 1.54) is 12.3 Å². The van der Waals surface area contributed by atoms with Crippen molar-refractivity contribution in [1.29, 1.82) is 0 Å². The van der Waals surface area contributed by atoms with E-state index in [1.54, 1.807) is 6.20 Å². The van der Waals surface area contributed by atoms with Gasteiger partial charge in [0.1, 0.15) is 5.69 Å². The summed E-state index contributed by atoms with van der Waals surface area (Å²) in [5, 5.41) is 6.57. The number of aryl methyl sites for hydroxylation is 1. The SMILES string of the molecule is Cc1c[nH]nc1-c1ccc(C(F)(F)F)nc1. The molecule has 16 heavy (non-hydrogen) atoms. The van der Waals surface area contributed by atoms with E-state index in [-0.39, 0.29) is 0 Å². The number of H-pyrrole nitrogens is 1. The Kier molecular flexibility index (Phi) is 2.41. The first-order valence-corrected chi connectivity index (χ1v) is 4.52. The summed E-state index contributed by atoms with van der Waals surface area (Å²) < 4.78 is 36.8. The Morgan fingerprint density at radius 2 is 2.00 bits per heavy atom. The highest BCUT2D eigenvalue weighted by molar-refractivity contribution is 5.61. The van der Waals surface area contributed by atoms with E-state index >= 15 is 0 Å². The number of aromatic nitrogens is 3. The van der Waals surface area contributed by atoms with Crippen molar-refractivity contribution in [1.82, 2.24) is 15.2 Å². The maximum atomic E-state index is 12.3. The number of hydrogen-bond acceptors (Lipinski definition) is 2. The first-order chi connectivity index (χ1) is 7.48. The van der Waals surface area contributed by atoms with Gasteiger partial charge in [0.25, 0.3) is 0 Å². The lowest BCUT2D eigenvalue weighted by atomic mass is 10.1. The molecule has 0 aliphatic carbocycles. The average Bonchev–Trinajstić information content (AvgIpc) is 2.63. The van der Waals surface area contributed by atoms with Crippen molar-refractivity contribution in [3.05, 3.63) is 35.8 Å². The van der Waals surface area contributed by atoms with Crippen LogP contribution in [0.25, 0.3) is 11.3 Å². The Hall–Kier alpha value is -1.85. The zero-order valence-corrected chi connectivity index (χ0v) is 8.34. The van der Waals surface area contributed by atoms with Crippen LogP contribution in [0.4, 0.5) is 13.2 Å². The van der Waals surface area contributed by atoms with Gasteiger partial charge in [0.15, 0.2) is 0 Å². The molecule has 0 saturated heterocycles. The zero-order chi connectivity index (χ0) is 11.8. The van der Waals surface area contributed by atoms with Gasteiger partial charge in [0, 0.05) is 18.0 Å². The lowest BCUT2D eigenvalue weighted by Crippen LogP contribution is -2.07. The summed E-state index contributed by atoms with van der Waals surface area (Å²) in [6.07, 6.45) is -1.56. The molecule has 1 N–H and O–H groups in total. The molecule has 0 bridgehead atoms. The van der Waals surface area contributed by atoms with Crippen molar-refractivity contribution in [3.8, 4) is 11.3 Å². The Labute approximate surface area is 89.3 Å². The predicted molar refractivity (Wildman–Crippen MR) is 51.6 cm³/mol. The molecule has 0 spiro atoms. The molecule has 0 atom stereocenters. The zero-order valence-electron chi connectivity index (χ0n) is 8.34. The van der Waals surface area contributed by atoms with E-state index in [1.807, 2.05) is 6.92 Å². The summed E-state index contributed by atoms with van der Waals surface area (Å²) >= 11 is 0. The van der Waals surface area contributed by atoms with Gasteiger partial charge in [-0.3, -0.25) is 10.1 Å². The van der Waals surface area contributed by atoms with Gasteiger partial charge in [-0.1, -0.05) is 0 Å². The minimum atomic E-state index is -4.40. The van der Waals surface area contributed by atoms with Crippen molar-refractivity contribution in [3.63, 3.8) is 0 Å². The van der Waals surface area contributed by atoms with Crippen LogP contribution in [0.1, 0.15) is 11.3 Å². The number of aromatic amines is 1. The normalized spacial score (nSPS) is 11.8. The van der Waals surface area contributed by atoms with E-state index in [2.05, 4.69) is 15.2 Å².